The second-order valence-electron chi connectivity index (χ2n) is 10.8. The van der Waals surface area contributed by atoms with Crippen LogP contribution in [0.3, 0.4) is 0 Å². The number of unbranched alkanes of at least 4 members (excludes halogenated alkanes) is 1. The Hall–Kier alpha value is -2.56. The fourth-order valence-corrected chi connectivity index (χ4v) is 5.94. The number of benzene rings is 2. The SMILES string of the molecule is COCCCC[C@@](O)(c1cccc(F)c1-c1cc(C)cc(OC)c1)[C@H]1CN(C(=O)[C@H]2C[C@@H](N)[C@@H](O)C2)CCO1. The van der Waals surface area contributed by atoms with Crippen molar-refractivity contribution in [1.82, 2.24) is 4.90 Å². The van der Waals surface area contributed by atoms with Crippen molar-refractivity contribution in [3.8, 4) is 16.9 Å². The van der Waals surface area contributed by atoms with Gasteiger partial charge in [0, 0.05) is 37.8 Å². The third-order valence-electron chi connectivity index (χ3n) is 8.05. The van der Waals surface area contributed by atoms with Gasteiger partial charge >= 0.3 is 0 Å². The van der Waals surface area contributed by atoms with Crippen molar-refractivity contribution in [2.45, 2.75) is 62.9 Å². The van der Waals surface area contributed by atoms with Crippen molar-refractivity contribution in [3.05, 3.63) is 53.3 Å². The molecule has 1 saturated carbocycles. The number of hydrogen-bond donors (Lipinski definition) is 3. The van der Waals surface area contributed by atoms with Crippen LogP contribution in [0.15, 0.2) is 36.4 Å². The van der Waals surface area contributed by atoms with Gasteiger partial charge < -0.3 is 35.1 Å². The molecule has 1 aliphatic carbocycles. The number of nitrogens with two attached hydrogens (primary N) is 1. The molecule has 1 aliphatic heterocycles. The van der Waals surface area contributed by atoms with Gasteiger partial charge in [-0.2, -0.15) is 0 Å². The number of aliphatic hydroxyl groups excluding tert-OH is 1. The number of halogens is 1. The second kappa shape index (κ2) is 12.7. The zero-order valence-electron chi connectivity index (χ0n) is 23.1. The molecule has 1 heterocycles. The Bertz CT molecular complexity index is 1140. The number of nitrogens with zero attached hydrogens (tertiary/aromatic N) is 1. The van der Waals surface area contributed by atoms with Gasteiger partial charge in [-0.15, -0.1) is 0 Å². The maximum absolute atomic E-state index is 15.6. The van der Waals surface area contributed by atoms with Crippen molar-refractivity contribution >= 4 is 5.91 Å². The summed E-state index contributed by atoms with van der Waals surface area (Å²) in [7, 11) is 3.19. The van der Waals surface area contributed by atoms with Crippen LogP contribution in [0.1, 0.15) is 43.2 Å². The molecule has 2 aromatic rings. The minimum absolute atomic E-state index is 0.0973. The molecule has 1 amide bonds. The van der Waals surface area contributed by atoms with E-state index < -0.39 is 29.7 Å². The van der Waals surface area contributed by atoms with E-state index in [0.29, 0.717) is 55.7 Å². The molecular weight excluding hydrogens is 503 g/mol. The monoisotopic (exact) mass is 544 g/mol. The number of carbonyl (C=O) groups excluding carboxylic acids is 1. The average molecular weight is 545 g/mol. The third-order valence-corrected chi connectivity index (χ3v) is 8.05. The summed E-state index contributed by atoms with van der Waals surface area (Å²) in [5.41, 5.74) is 6.55. The smallest absolute Gasteiger partial charge is 0.226 e. The van der Waals surface area contributed by atoms with Crippen LogP contribution in [0.5, 0.6) is 5.75 Å². The number of methoxy groups -OCH3 is 2. The summed E-state index contributed by atoms with van der Waals surface area (Å²) in [5, 5.41) is 22.5. The number of morpholine rings is 1. The molecule has 0 bridgehead atoms. The molecule has 2 aliphatic rings. The molecule has 1 saturated heterocycles. The molecule has 0 radical (unpaired) electrons. The zero-order valence-corrected chi connectivity index (χ0v) is 23.1. The topological polar surface area (TPSA) is 114 Å². The van der Waals surface area contributed by atoms with Crippen LogP contribution in [0.2, 0.25) is 0 Å². The summed E-state index contributed by atoms with van der Waals surface area (Å²) in [5.74, 6) is -0.341. The fourth-order valence-electron chi connectivity index (χ4n) is 5.94. The minimum atomic E-state index is -1.59. The molecule has 8 nitrogen and oxygen atoms in total. The van der Waals surface area contributed by atoms with Gasteiger partial charge in [-0.05, 0) is 73.9 Å². The summed E-state index contributed by atoms with van der Waals surface area (Å²) >= 11 is 0. The molecule has 214 valence electrons. The maximum atomic E-state index is 15.6. The van der Waals surface area contributed by atoms with Gasteiger partial charge in [-0.25, -0.2) is 4.39 Å². The molecule has 4 N–H and O–H groups in total. The van der Waals surface area contributed by atoms with Crippen molar-refractivity contribution in [1.29, 1.82) is 0 Å². The minimum Gasteiger partial charge on any atom is -0.497 e. The summed E-state index contributed by atoms with van der Waals surface area (Å²) in [6.07, 6.45) is 0.859. The van der Waals surface area contributed by atoms with E-state index in [1.807, 2.05) is 19.1 Å². The lowest BCUT2D eigenvalue weighted by Gasteiger charge is -2.43. The van der Waals surface area contributed by atoms with E-state index in [0.717, 1.165) is 5.56 Å². The molecule has 0 unspecified atom stereocenters. The van der Waals surface area contributed by atoms with Crippen LogP contribution >= 0.6 is 0 Å². The van der Waals surface area contributed by atoms with Crippen LogP contribution in [0, 0.1) is 18.7 Å². The van der Waals surface area contributed by atoms with Gasteiger partial charge in [0.2, 0.25) is 5.91 Å². The van der Waals surface area contributed by atoms with Crippen LogP contribution in [0.4, 0.5) is 4.39 Å². The summed E-state index contributed by atoms with van der Waals surface area (Å²) < 4.78 is 32.4. The molecule has 5 atom stereocenters. The number of aryl methyl sites for hydroxylation is 1. The average Bonchev–Trinajstić information content (AvgIpc) is 3.27. The molecular formula is C30H41FN2O6. The quantitative estimate of drug-likeness (QED) is 0.394. The van der Waals surface area contributed by atoms with Crippen molar-refractivity contribution in [2.75, 3.05) is 40.5 Å². The van der Waals surface area contributed by atoms with Gasteiger partial charge in [0.1, 0.15) is 23.3 Å². The highest BCUT2D eigenvalue weighted by molar-refractivity contribution is 5.79. The number of hydrogen-bond acceptors (Lipinski definition) is 7. The van der Waals surface area contributed by atoms with E-state index in [9.17, 15) is 15.0 Å². The Kier molecular flexibility index (Phi) is 9.61. The van der Waals surface area contributed by atoms with E-state index in [4.69, 9.17) is 19.9 Å². The highest BCUT2D eigenvalue weighted by atomic mass is 19.1. The normalized spacial score (nSPS) is 24.9. The largest absolute Gasteiger partial charge is 0.497 e. The number of amides is 1. The van der Waals surface area contributed by atoms with Crippen molar-refractivity contribution in [2.24, 2.45) is 11.7 Å². The molecule has 0 aromatic heterocycles. The van der Waals surface area contributed by atoms with Gasteiger partial charge in [0.15, 0.2) is 0 Å². The molecule has 2 aromatic carbocycles. The summed E-state index contributed by atoms with van der Waals surface area (Å²) in [6.45, 7) is 3.20. The van der Waals surface area contributed by atoms with Gasteiger partial charge in [0.25, 0.3) is 0 Å². The lowest BCUT2D eigenvalue weighted by molar-refractivity contribution is -0.167. The fraction of sp³-hybridized carbons (Fsp3) is 0.567. The molecule has 9 heteroatoms. The summed E-state index contributed by atoms with van der Waals surface area (Å²) in [4.78, 5) is 15.1. The van der Waals surface area contributed by atoms with Crippen LogP contribution < -0.4 is 10.5 Å². The highest BCUT2D eigenvalue weighted by Crippen LogP contribution is 2.42. The first-order valence-corrected chi connectivity index (χ1v) is 13.7. The van der Waals surface area contributed by atoms with Crippen molar-refractivity contribution < 1.29 is 33.6 Å². The Morgan fingerprint density at radius 1 is 1.23 bits per heavy atom. The van der Waals surface area contributed by atoms with Crippen LogP contribution in [-0.2, 0) is 19.9 Å². The first-order valence-electron chi connectivity index (χ1n) is 13.7. The van der Waals surface area contributed by atoms with Crippen LogP contribution in [0.25, 0.3) is 11.1 Å². The van der Waals surface area contributed by atoms with E-state index in [-0.39, 0.29) is 37.0 Å². The predicted molar refractivity (Wildman–Crippen MR) is 146 cm³/mol. The van der Waals surface area contributed by atoms with E-state index in [1.54, 1.807) is 37.3 Å². The number of ether oxygens (including phenoxy) is 3. The first kappa shape index (κ1) is 29.4. The van der Waals surface area contributed by atoms with Crippen molar-refractivity contribution in [3.63, 3.8) is 0 Å². The van der Waals surface area contributed by atoms with Gasteiger partial charge in [-0.3, -0.25) is 4.79 Å². The van der Waals surface area contributed by atoms with Gasteiger partial charge in [-0.1, -0.05) is 18.2 Å². The number of aliphatic hydroxyl groups is 2. The first-order chi connectivity index (χ1) is 18.7. The Morgan fingerprint density at radius 2 is 2.03 bits per heavy atom. The third kappa shape index (κ3) is 6.44. The Balaban J connectivity index is 1.71. The van der Waals surface area contributed by atoms with Gasteiger partial charge in [0.05, 0.1) is 26.4 Å². The number of carbonyl (C=O) groups is 1. The van der Waals surface area contributed by atoms with Crippen LogP contribution in [-0.4, -0.2) is 79.8 Å². The second-order valence-corrected chi connectivity index (χ2v) is 10.8. The Morgan fingerprint density at radius 3 is 2.72 bits per heavy atom. The molecule has 4 rings (SSSR count). The number of rotatable bonds is 10. The van der Waals surface area contributed by atoms with E-state index in [1.165, 1.54) is 6.07 Å². The molecule has 0 spiro atoms. The lowest BCUT2D eigenvalue weighted by Crippen LogP contribution is -2.55. The highest BCUT2D eigenvalue weighted by Gasteiger charge is 2.46. The Labute approximate surface area is 229 Å². The standard InChI is InChI=1S/C30H41FN2O6/c1-19-13-20(15-22(14-19)38-3)28-23(7-6-8-24(28)31)30(36,9-4-5-11-37-2)27-18-33(10-12-39-27)29(35)21-16-25(32)26(34)17-21/h6-8,13-15,21,25-27,34,36H,4-5,9-12,16-18,32H2,1-3H3/t21-,25+,26-,27+,30+/m0/s1. The molecule has 2 fully saturated rings. The maximum Gasteiger partial charge on any atom is 0.226 e. The van der Waals surface area contributed by atoms with E-state index in [2.05, 4.69) is 0 Å². The zero-order chi connectivity index (χ0) is 28.2. The summed E-state index contributed by atoms with van der Waals surface area (Å²) in [6, 6.07) is 9.77. The molecule has 39 heavy (non-hydrogen) atoms. The predicted octanol–water partition coefficient (Wildman–Crippen LogP) is 3.14. The van der Waals surface area contributed by atoms with E-state index >= 15 is 4.39 Å². The lowest BCUT2D eigenvalue weighted by atomic mass is 9.78.